The SMILES string of the molecule is C/C=C\C#CCCCCCCCC. The van der Waals surface area contributed by atoms with Gasteiger partial charge in [-0.3, -0.25) is 0 Å². The summed E-state index contributed by atoms with van der Waals surface area (Å²) in [6.07, 6.45) is 13.1. The Balaban J connectivity index is 3.04. The molecule has 0 rings (SSSR count). The second-order valence-corrected chi connectivity index (χ2v) is 3.34. The van der Waals surface area contributed by atoms with Gasteiger partial charge in [0.05, 0.1) is 0 Å². The van der Waals surface area contributed by atoms with Gasteiger partial charge in [-0.15, -0.1) is 0 Å². The minimum Gasteiger partial charge on any atom is -0.0985 e. The molecule has 0 atom stereocenters. The van der Waals surface area contributed by atoms with Crippen LogP contribution in [0.3, 0.4) is 0 Å². The first kappa shape index (κ1) is 12.3. The Labute approximate surface area is 83.4 Å². The Kier molecular flexibility index (Phi) is 10.7. The molecule has 0 spiro atoms. The zero-order chi connectivity index (χ0) is 9.78. The number of unbranched alkanes of at least 4 members (excludes halogenated alkanes) is 6. The standard InChI is InChI=1S/C13H22/c1-3-5-7-9-11-13-12-10-8-6-4-2/h3,5H,4,6,8,10-13H2,1-2H3/b5-3-. The third-order valence-corrected chi connectivity index (χ3v) is 2.01. The van der Waals surface area contributed by atoms with Crippen LogP contribution in [0.1, 0.15) is 58.8 Å². The molecule has 0 aliphatic heterocycles. The molecular weight excluding hydrogens is 156 g/mol. The summed E-state index contributed by atoms with van der Waals surface area (Å²) in [5.41, 5.74) is 0. The highest BCUT2D eigenvalue weighted by Gasteiger charge is 1.87. The summed E-state index contributed by atoms with van der Waals surface area (Å²) >= 11 is 0. The summed E-state index contributed by atoms with van der Waals surface area (Å²) in [5.74, 6) is 6.15. The smallest absolute Gasteiger partial charge is 0.00922 e. The molecule has 0 aromatic heterocycles. The molecule has 13 heavy (non-hydrogen) atoms. The molecule has 0 saturated carbocycles. The number of rotatable bonds is 6. The van der Waals surface area contributed by atoms with E-state index in [0.717, 1.165) is 6.42 Å². The molecule has 0 saturated heterocycles. The second kappa shape index (κ2) is 11.3. The van der Waals surface area contributed by atoms with E-state index < -0.39 is 0 Å². The minimum absolute atomic E-state index is 1.07. The lowest BCUT2D eigenvalue weighted by Crippen LogP contribution is -1.77. The van der Waals surface area contributed by atoms with E-state index in [0.29, 0.717) is 0 Å². The van der Waals surface area contributed by atoms with Crippen molar-refractivity contribution in [1.29, 1.82) is 0 Å². The van der Waals surface area contributed by atoms with Crippen molar-refractivity contribution in [3.63, 3.8) is 0 Å². The molecule has 0 aliphatic carbocycles. The molecule has 0 heteroatoms. The second-order valence-electron chi connectivity index (χ2n) is 3.34. The van der Waals surface area contributed by atoms with Crippen LogP contribution >= 0.6 is 0 Å². The van der Waals surface area contributed by atoms with E-state index in [-0.39, 0.29) is 0 Å². The molecule has 0 heterocycles. The van der Waals surface area contributed by atoms with Crippen molar-refractivity contribution < 1.29 is 0 Å². The van der Waals surface area contributed by atoms with E-state index in [2.05, 4.69) is 18.8 Å². The number of hydrogen-bond acceptors (Lipinski definition) is 0. The highest BCUT2D eigenvalue weighted by Crippen LogP contribution is 2.05. The summed E-state index contributed by atoms with van der Waals surface area (Å²) < 4.78 is 0. The first-order valence-corrected chi connectivity index (χ1v) is 5.51. The van der Waals surface area contributed by atoms with Gasteiger partial charge in [0.15, 0.2) is 0 Å². The zero-order valence-electron chi connectivity index (χ0n) is 9.10. The molecule has 0 aromatic rings. The number of allylic oxidation sites excluding steroid dienone is 2. The Morgan fingerprint density at radius 1 is 1.00 bits per heavy atom. The van der Waals surface area contributed by atoms with Crippen LogP contribution in [0.4, 0.5) is 0 Å². The van der Waals surface area contributed by atoms with Crippen molar-refractivity contribution in [3.8, 4) is 11.8 Å². The molecule has 0 nitrogen and oxygen atoms in total. The van der Waals surface area contributed by atoms with Gasteiger partial charge in [-0.2, -0.15) is 0 Å². The average molecular weight is 178 g/mol. The largest absolute Gasteiger partial charge is 0.0985 e. The van der Waals surface area contributed by atoms with Crippen LogP contribution in [-0.2, 0) is 0 Å². The van der Waals surface area contributed by atoms with Crippen molar-refractivity contribution in [3.05, 3.63) is 12.2 Å². The van der Waals surface area contributed by atoms with Crippen molar-refractivity contribution >= 4 is 0 Å². The molecule has 74 valence electrons. The zero-order valence-corrected chi connectivity index (χ0v) is 9.10. The molecule has 0 radical (unpaired) electrons. The Morgan fingerprint density at radius 2 is 1.69 bits per heavy atom. The van der Waals surface area contributed by atoms with E-state index >= 15 is 0 Å². The van der Waals surface area contributed by atoms with Crippen molar-refractivity contribution in [2.45, 2.75) is 58.8 Å². The van der Waals surface area contributed by atoms with Crippen LogP contribution in [0, 0.1) is 11.8 Å². The van der Waals surface area contributed by atoms with Gasteiger partial charge >= 0.3 is 0 Å². The summed E-state index contributed by atoms with van der Waals surface area (Å²) in [4.78, 5) is 0. The van der Waals surface area contributed by atoms with Crippen molar-refractivity contribution in [2.24, 2.45) is 0 Å². The monoisotopic (exact) mass is 178 g/mol. The predicted molar refractivity (Wildman–Crippen MR) is 60.6 cm³/mol. The van der Waals surface area contributed by atoms with Crippen molar-refractivity contribution in [1.82, 2.24) is 0 Å². The lowest BCUT2D eigenvalue weighted by atomic mass is 10.1. The molecular formula is C13H22. The summed E-state index contributed by atoms with van der Waals surface area (Å²) in [6, 6.07) is 0. The van der Waals surface area contributed by atoms with Crippen LogP contribution < -0.4 is 0 Å². The van der Waals surface area contributed by atoms with Gasteiger partial charge in [0.1, 0.15) is 0 Å². The molecule has 0 aliphatic rings. The third-order valence-electron chi connectivity index (χ3n) is 2.01. The van der Waals surface area contributed by atoms with Gasteiger partial charge in [-0.1, -0.05) is 56.9 Å². The quantitative estimate of drug-likeness (QED) is 0.420. The molecule has 0 bridgehead atoms. The molecule has 0 fully saturated rings. The molecule has 0 aromatic carbocycles. The van der Waals surface area contributed by atoms with Gasteiger partial charge < -0.3 is 0 Å². The summed E-state index contributed by atoms with van der Waals surface area (Å²) in [6.45, 7) is 4.25. The van der Waals surface area contributed by atoms with E-state index in [4.69, 9.17) is 0 Å². The van der Waals surface area contributed by atoms with Crippen LogP contribution in [0.2, 0.25) is 0 Å². The van der Waals surface area contributed by atoms with Gasteiger partial charge in [0, 0.05) is 6.42 Å². The fourth-order valence-electron chi connectivity index (χ4n) is 1.21. The molecule has 0 amide bonds. The fourth-order valence-corrected chi connectivity index (χ4v) is 1.21. The average Bonchev–Trinajstić information content (AvgIpc) is 2.16. The lowest BCUT2D eigenvalue weighted by molar-refractivity contribution is 0.614. The maximum absolute atomic E-state index is 3.14. The Bertz CT molecular complexity index is 166. The van der Waals surface area contributed by atoms with Crippen LogP contribution in [0.25, 0.3) is 0 Å². The van der Waals surface area contributed by atoms with Gasteiger partial charge in [-0.05, 0) is 19.4 Å². The van der Waals surface area contributed by atoms with Crippen molar-refractivity contribution in [2.75, 3.05) is 0 Å². The highest BCUT2D eigenvalue weighted by molar-refractivity contribution is 5.14. The Morgan fingerprint density at radius 3 is 2.38 bits per heavy atom. The van der Waals surface area contributed by atoms with Crippen LogP contribution in [0.5, 0.6) is 0 Å². The van der Waals surface area contributed by atoms with Gasteiger partial charge in [0.2, 0.25) is 0 Å². The van der Waals surface area contributed by atoms with Crippen LogP contribution in [0.15, 0.2) is 12.2 Å². The first-order chi connectivity index (χ1) is 6.41. The molecule has 0 unspecified atom stereocenters. The van der Waals surface area contributed by atoms with Gasteiger partial charge in [0.25, 0.3) is 0 Å². The van der Waals surface area contributed by atoms with Crippen LogP contribution in [-0.4, -0.2) is 0 Å². The van der Waals surface area contributed by atoms with E-state index in [1.807, 2.05) is 19.1 Å². The molecule has 0 N–H and O–H groups in total. The third kappa shape index (κ3) is 11.3. The summed E-state index contributed by atoms with van der Waals surface area (Å²) in [5, 5.41) is 0. The van der Waals surface area contributed by atoms with Gasteiger partial charge in [-0.25, -0.2) is 0 Å². The maximum Gasteiger partial charge on any atom is 0.00922 e. The maximum atomic E-state index is 3.14. The van der Waals surface area contributed by atoms with E-state index in [9.17, 15) is 0 Å². The topological polar surface area (TPSA) is 0 Å². The lowest BCUT2D eigenvalue weighted by Gasteiger charge is -1.96. The highest BCUT2D eigenvalue weighted by atomic mass is 13.9. The normalized spacial score (nSPS) is 10.0. The number of hydrogen-bond donors (Lipinski definition) is 0. The van der Waals surface area contributed by atoms with E-state index in [1.165, 1.54) is 38.5 Å². The predicted octanol–water partition coefficient (Wildman–Crippen LogP) is 4.32. The fraction of sp³-hybridized carbons (Fsp3) is 0.692. The first-order valence-electron chi connectivity index (χ1n) is 5.51. The minimum atomic E-state index is 1.07. The van der Waals surface area contributed by atoms with E-state index in [1.54, 1.807) is 0 Å². The summed E-state index contributed by atoms with van der Waals surface area (Å²) in [7, 11) is 0. The Hall–Kier alpha value is -0.700.